The third-order valence-corrected chi connectivity index (χ3v) is 7.82. The number of rotatable bonds is 5. The van der Waals surface area contributed by atoms with Gasteiger partial charge in [-0.1, -0.05) is 26.0 Å². The number of benzene rings is 1. The van der Waals surface area contributed by atoms with E-state index in [1.165, 1.54) is 4.31 Å². The Balaban J connectivity index is 1.66. The van der Waals surface area contributed by atoms with E-state index in [1.54, 1.807) is 18.2 Å². The molecule has 0 spiro atoms. The predicted molar refractivity (Wildman–Crippen MR) is 108 cm³/mol. The Morgan fingerprint density at radius 2 is 1.89 bits per heavy atom. The third kappa shape index (κ3) is 4.93. The Bertz CT molecular complexity index is 785. The van der Waals surface area contributed by atoms with Crippen molar-refractivity contribution in [2.45, 2.75) is 75.3 Å². The first-order valence-corrected chi connectivity index (χ1v) is 11.8. The highest BCUT2D eigenvalue weighted by atomic mass is 32.2. The van der Waals surface area contributed by atoms with E-state index in [4.69, 9.17) is 0 Å². The molecule has 1 saturated heterocycles. The maximum atomic E-state index is 13.1. The van der Waals surface area contributed by atoms with Gasteiger partial charge >= 0.3 is 0 Å². The van der Waals surface area contributed by atoms with E-state index in [-0.39, 0.29) is 36.4 Å². The summed E-state index contributed by atoms with van der Waals surface area (Å²) in [4.78, 5) is 13.0. The minimum absolute atomic E-state index is 0.0581. The van der Waals surface area contributed by atoms with E-state index in [0.717, 1.165) is 18.4 Å². The van der Waals surface area contributed by atoms with E-state index >= 15 is 0 Å². The lowest BCUT2D eigenvalue weighted by Gasteiger charge is -2.33. The van der Waals surface area contributed by atoms with Gasteiger partial charge in [0, 0.05) is 19.1 Å². The van der Waals surface area contributed by atoms with E-state index in [1.807, 2.05) is 19.9 Å². The van der Waals surface area contributed by atoms with Crippen LogP contribution in [0.15, 0.2) is 29.2 Å². The third-order valence-electron chi connectivity index (χ3n) is 5.96. The van der Waals surface area contributed by atoms with E-state index < -0.39 is 10.0 Å². The topological polar surface area (TPSA) is 86.7 Å². The normalized spacial score (nSPS) is 26.9. The number of carbonyl (C=O) groups excluding carboxylic acids is 1. The van der Waals surface area contributed by atoms with Crippen LogP contribution < -0.4 is 5.32 Å². The molecule has 0 aromatic heterocycles. The van der Waals surface area contributed by atoms with Crippen molar-refractivity contribution < 1.29 is 18.3 Å². The quantitative estimate of drug-likeness (QED) is 0.784. The van der Waals surface area contributed by atoms with Gasteiger partial charge in [-0.15, -0.1) is 0 Å². The maximum absolute atomic E-state index is 13.1. The SMILES string of the molecule is CC(C)c1cccc(S(=O)(=O)N2CCC[C@H](C(=O)NC3CCC(O)CC3)C2)c1. The molecular formula is C21H32N2O4S. The summed E-state index contributed by atoms with van der Waals surface area (Å²) in [5, 5.41) is 12.7. The van der Waals surface area contributed by atoms with Gasteiger partial charge in [0.1, 0.15) is 0 Å². The average Bonchev–Trinajstić information content (AvgIpc) is 2.70. The number of carbonyl (C=O) groups is 1. The smallest absolute Gasteiger partial charge is 0.243 e. The van der Waals surface area contributed by atoms with E-state index in [9.17, 15) is 18.3 Å². The van der Waals surface area contributed by atoms with Crippen molar-refractivity contribution in [3.8, 4) is 0 Å². The molecule has 2 aliphatic rings. The van der Waals surface area contributed by atoms with Crippen LogP contribution in [0.5, 0.6) is 0 Å². The molecule has 156 valence electrons. The van der Waals surface area contributed by atoms with Crippen molar-refractivity contribution in [1.29, 1.82) is 0 Å². The molecule has 3 rings (SSSR count). The summed E-state index contributed by atoms with van der Waals surface area (Å²) in [5.74, 6) is -0.120. The second-order valence-electron chi connectivity index (χ2n) is 8.44. The second kappa shape index (κ2) is 8.93. The molecule has 7 heteroatoms. The predicted octanol–water partition coefficient (Wildman–Crippen LogP) is 2.63. The zero-order valence-electron chi connectivity index (χ0n) is 16.8. The monoisotopic (exact) mass is 408 g/mol. The largest absolute Gasteiger partial charge is 0.393 e. The van der Waals surface area contributed by atoms with Gasteiger partial charge in [0.15, 0.2) is 0 Å². The van der Waals surface area contributed by atoms with Crippen LogP contribution >= 0.6 is 0 Å². The Morgan fingerprint density at radius 1 is 1.18 bits per heavy atom. The Hall–Kier alpha value is -1.44. The van der Waals surface area contributed by atoms with Crippen molar-refractivity contribution >= 4 is 15.9 Å². The number of nitrogens with zero attached hydrogens (tertiary/aromatic N) is 1. The molecule has 0 bridgehead atoms. The van der Waals surface area contributed by atoms with Gasteiger partial charge in [-0.25, -0.2) is 8.42 Å². The van der Waals surface area contributed by atoms with Gasteiger partial charge in [-0.05, 0) is 62.1 Å². The molecule has 1 atom stereocenters. The number of amides is 1. The summed E-state index contributed by atoms with van der Waals surface area (Å²) >= 11 is 0. The summed E-state index contributed by atoms with van der Waals surface area (Å²) < 4.78 is 27.7. The number of piperidine rings is 1. The molecular weight excluding hydrogens is 376 g/mol. The first kappa shape index (κ1) is 21.3. The minimum atomic E-state index is -3.60. The highest BCUT2D eigenvalue weighted by molar-refractivity contribution is 7.89. The molecule has 1 aromatic rings. The zero-order chi connectivity index (χ0) is 20.3. The number of aliphatic hydroxyl groups is 1. The number of hydrogen-bond acceptors (Lipinski definition) is 4. The van der Waals surface area contributed by atoms with Crippen LogP contribution in [0.25, 0.3) is 0 Å². The first-order chi connectivity index (χ1) is 13.3. The molecule has 1 amide bonds. The van der Waals surface area contributed by atoms with Crippen molar-refractivity contribution in [1.82, 2.24) is 9.62 Å². The fourth-order valence-corrected chi connectivity index (χ4v) is 5.68. The van der Waals surface area contributed by atoms with Gasteiger partial charge in [0.25, 0.3) is 0 Å². The van der Waals surface area contributed by atoms with Crippen LogP contribution in [0, 0.1) is 5.92 Å². The van der Waals surface area contributed by atoms with E-state index in [0.29, 0.717) is 37.1 Å². The van der Waals surface area contributed by atoms with Crippen molar-refractivity contribution in [3.05, 3.63) is 29.8 Å². The molecule has 1 aliphatic carbocycles. The van der Waals surface area contributed by atoms with Gasteiger partial charge in [0.05, 0.1) is 16.9 Å². The lowest BCUT2D eigenvalue weighted by molar-refractivity contribution is -0.127. The molecule has 1 heterocycles. The average molecular weight is 409 g/mol. The molecule has 0 unspecified atom stereocenters. The van der Waals surface area contributed by atoms with Crippen LogP contribution in [0.3, 0.4) is 0 Å². The fourth-order valence-electron chi connectivity index (χ4n) is 4.10. The molecule has 1 saturated carbocycles. The molecule has 0 radical (unpaired) electrons. The lowest BCUT2D eigenvalue weighted by atomic mass is 9.92. The van der Waals surface area contributed by atoms with Crippen LogP contribution in [-0.4, -0.2) is 49.0 Å². The summed E-state index contributed by atoms with van der Waals surface area (Å²) in [7, 11) is -3.60. The summed E-state index contributed by atoms with van der Waals surface area (Å²) in [5.41, 5.74) is 0.992. The van der Waals surface area contributed by atoms with Crippen LogP contribution in [0.4, 0.5) is 0 Å². The first-order valence-electron chi connectivity index (χ1n) is 10.4. The molecule has 28 heavy (non-hydrogen) atoms. The Morgan fingerprint density at radius 3 is 2.57 bits per heavy atom. The van der Waals surface area contributed by atoms with Crippen LogP contribution in [-0.2, 0) is 14.8 Å². The summed E-state index contributed by atoms with van der Waals surface area (Å²) in [6.45, 7) is 4.76. The van der Waals surface area contributed by atoms with Crippen molar-refractivity contribution in [3.63, 3.8) is 0 Å². The minimum Gasteiger partial charge on any atom is -0.393 e. The van der Waals surface area contributed by atoms with Crippen LogP contribution in [0.2, 0.25) is 0 Å². The number of nitrogens with one attached hydrogen (secondary N) is 1. The van der Waals surface area contributed by atoms with E-state index in [2.05, 4.69) is 5.32 Å². The van der Waals surface area contributed by atoms with Crippen molar-refractivity contribution in [2.75, 3.05) is 13.1 Å². The van der Waals surface area contributed by atoms with Gasteiger partial charge in [-0.3, -0.25) is 4.79 Å². The molecule has 1 aliphatic heterocycles. The Labute approximate surface area is 168 Å². The molecule has 6 nitrogen and oxygen atoms in total. The number of hydrogen-bond donors (Lipinski definition) is 2. The zero-order valence-corrected chi connectivity index (χ0v) is 17.6. The molecule has 1 aromatic carbocycles. The van der Waals surface area contributed by atoms with Gasteiger partial charge in [-0.2, -0.15) is 4.31 Å². The maximum Gasteiger partial charge on any atom is 0.243 e. The molecule has 2 fully saturated rings. The Kier molecular flexibility index (Phi) is 6.78. The highest BCUT2D eigenvalue weighted by Crippen LogP contribution is 2.27. The molecule has 2 N–H and O–H groups in total. The highest BCUT2D eigenvalue weighted by Gasteiger charge is 2.34. The lowest BCUT2D eigenvalue weighted by Crippen LogP contribution is -2.48. The summed E-state index contributed by atoms with van der Waals surface area (Å²) in [6.07, 6.45) is 4.12. The van der Waals surface area contributed by atoms with Crippen molar-refractivity contribution in [2.24, 2.45) is 5.92 Å². The fraction of sp³-hybridized carbons (Fsp3) is 0.667. The van der Waals surface area contributed by atoms with Crippen LogP contribution in [0.1, 0.15) is 63.9 Å². The number of aliphatic hydroxyl groups excluding tert-OH is 1. The standard InChI is InChI=1S/C21H32N2O4S/c1-15(2)16-5-3-7-20(13-16)28(26,27)23-12-4-6-17(14-23)21(25)22-18-8-10-19(24)11-9-18/h3,5,7,13,15,17-19,24H,4,6,8-12,14H2,1-2H3,(H,22,25)/t17-,18?,19?/m0/s1. The second-order valence-corrected chi connectivity index (χ2v) is 10.4. The van der Waals surface area contributed by atoms with Gasteiger partial charge < -0.3 is 10.4 Å². The number of sulfonamides is 1. The van der Waals surface area contributed by atoms with Gasteiger partial charge in [0.2, 0.25) is 15.9 Å². The summed E-state index contributed by atoms with van der Waals surface area (Å²) in [6, 6.07) is 7.20.